The Kier molecular flexibility index (Phi) is 5.28. The Bertz CT molecular complexity index is 1270. The van der Waals surface area contributed by atoms with Crippen LogP contribution in [0, 0.1) is 13.8 Å². The molecule has 3 heterocycles. The highest BCUT2D eigenvalue weighted by atomic mass is 32.1. The number of aromatic nitrogens is 3. The van der Waals surface area contributed by atoms with Crippen LogP contribution in [0.5, 0.6) is 5.75 Å². The Balaban J connectivity index is 1.20. The molecule has 4 aromatic rings. The molecule has 6 nitrogen and oxygen atoms in total. The summed E-state index contributed by atoms with van der Waals surface area (Å²) in [6.45, 7) is 5.05. The first kappa shape index (κ1) is 19.9. The summed E-state index contributed by atoms with van der Waals surface area (Å²) in [6, 6.07) is 9.83. The van der Waals surface area contributed by atoms with Gasteiger partial charge in [0, 0.05) is 29.4 Å². The number of carbonyl (C=O) groups excluding carboxylic acids is 1. The van der Waals surface area contributed by atoms with Crippen molar-refractivity contribution in [3.05, 3.63) is 58.5 Å². The fourth-order valence-corrected chi connectivity index (χ4v) is 4.99. The number of carbonyl (C=O) groups is 1. The van der Waals surface area contributed by atoms with Crippen molar-refractivity contribution in [3.8, 4) is 5.75 Å². The van der Waals surface area contributed by atoms with Crippen LogP contribution in [-0.2, 0) is 0 Å². The summed E-state index contributed by atoms with van der Waals surface area (Å²) in [6.07, 6.45) is 4.81. The fraction of sp³-hybridized carbons (Fsp3) is 0.333. The second kappa shape index (κ2) is 8.23. The smallest absolute Gasteiger partial charge is 0.261 e. The van der Waals surface area contributed by atoms with Crippen molar-refractivity contribution in [2.24, 2.45) is 0 Å². The molecule has 7 heteroatoms. The van der Waals surface area contributed by atoms with Gasteiger partial charge in [-0.15, -0.1) is 11.3 Å². The van der Waals surface area contributed by atoms with Gasteiger partial charge in [0.15, 0.2) is 0 Å². The van der Waals surface area contributed by atoms with Crippen LogP contribution in [0.4, 0.5) is 0 Å². The van der Waals surface area contributed by atoms with Crippen molar-refractivity contribution < 1.29 is 9.53 Å². The first-order chi connectivity index (χ1) is 15.1. The summed E-state index contributed by atoms with van der Waals surface area (Å²) in [5, 5.41) is 5.09. The zero-order valence-electron chi connectivity index (χ0n) is 17.6. The zero-order valence-corrected chi connectivity index (χ0v) is 18.5. The molecule has 0 bridgehead atoms. The van der Waals surface area contributed by atoms with Crippen LogP contribution >= 0.6 is 11.3 Å². The van der Waals surface area contributed by atoms with Gasteiger partial charge in [-0.05, 0) is 50.8 Å². The van der Waals surface area contributed by atoms with E-state index in [2.05, 4.69) is 15.3 Å². The van der Waals surface area contributed by atoms with E-state index in [0.717, 1.165) is 48.8 Å². The minimum atomic E-state index is -0.0558. The summed E-state index contributed by atoms with van der Waals surface area (Å²) in [5.74, 6) is 2.14. The summed E-state index contributed by atoms with van der Waals surface area (Å²) < 4.78 is 5.91. The maximum atomic E-state index is 12.8. The second-order valence-corrected chi connectivity index (χ2v) is 8.97. The average Bonchev–Trinajstić information content (AvgIpc) is 3.57. The van der Waals surface area contributed by atoms with Crippen molar-refractivity contribution in [1.29, 1.82) is 0 Å². The first-order valence-electron chi connectivity index (χ1n) is 10.6. The summed E-state index contributed by atoms with van der Waals surface area (Å²) in [5.41, 5.74) is 2.80. The largest absolute Gasteiger partial charge is 0.491 e. The molecule has 1 amide bonds. The van der Waals surface area contributed by atoms with E-state index in [1.165, 1.54) is 24.2 Å². The number of benzene rings is 1. The average molecular weight is 433 g/mol. The zero-order chi connectivity index (χ0) is 21.4. The number of thiophene rings is 1. The molecule has 1 saturated carbocycles. The van der Waals surface area contributed by atoms with Gasteiger partial charge in [0.25, 0.3) is 5.91 Å². The maximum Gasteiger partial charge on any atom is 0.261 e. The minimum absolute atomic E-state index is 0.0558. The Hall–Kier alpha value is -3.06. The molecule has 0 aliphatic heterocycles. The minimum Gasteiger partial charge on any atom is -0.491 e. The van der Waals surface area contributed by atoms with E-state index in [1.807, 2.05) is 44.2 Å². The molecule has 3 aromatic heterocycles. The molecular weight excluding hydrogens is 408 g/mol. The number of ether oxygens (including phenoxy) is 1. The SMILES string of the molecule is Cc1nc(C2CC2)nc2sc(C(=O)NCCCOc3cccc4cccnc34)c(C)c12. The van der Waals surface area contributed by atoms with E-state index in [0.29, 0.717) is 25.5 Å². The molecule has 0 radical (unpaired) electrons. The lowest BCUT2D eigenvalue weighted by Crippen LogP contribution is -2.25. The molecule has 31 heavy (non-hydrogen) atoms. The first-order valence-corrected chi connectivity index (χ1v) is 11.5. The number of amides is 1. The lowest BCUT2D eigenvalue weighted by atomic mass is 10.1. The molecule has 1 N–H and O–H groups in total. The molecule has 0 saturated heterocycles. The topological polar surface area (TPSA) is 77.0 Å². The number of pyridine rings is 1. The second-order valence-electron chi connectivity index (χ2n) is 7.97. The number of fused-ring (bicyclic) bond motifs is 2. The Morgan fingerprint density at radius 1 is 1.19 bits per heavy atom. The quantitative estimate of drug-likeness (QED) is 0.419. The normalized spacial score (nSPS) is 13.6. The molecule has 5 rings (SSSR count). The Morgan fingerprint density at radius 2 is 2.03 bits per heavy atom. The molecule has 0 unspecified atom stereocenters. The van der Waals surface area contributed by atoms with Crippen molar-refractivity contribution in [3.63, 3.8) is 0 Å². The van der Waals surface area contributed by atoms with Crippen LogP contribution in [0.3, 0.4) is 0 Å². The van der Waals surface area contributed by atoms with E-state index in [-0.39, 0.29) is 5.91 Å². The van der Waals surface area contributed by atoms with Gasteiger partial charge < -0.3 is 10.1 Å². The van der Waals surface area contributed by atoms with Crippen LogP contribution in [0.25, 0.3) is 21.1 Å². The predicted octanol–water partition coefficient (Wildman–Crippen LogP) is 4.93. The highest BCUT2D eigenvalue weighted by Gasteiger charge is 2.28. The van der Waals surface area contributed by atoms with Crippen LogP contribution < -0.4 is 10.1 Å². The third-order valence-electron chi connectivity index (χ3n) is 5.60. The number of hydrogen-bond donors (Lipinski definition) is 1. The van der Waals surface area contributed by atoms with E-state index >= 15 is 0 Å². The molecule has 1 aliphatic rings. The lowest BCUT2D eigenvalue weighted by Gasteiger charge is -2.09. The molecular formula is C24H24N4O2S. The molecule has 0 spiro atoms. The van der Waals surface area contributed by atoms with Crippen molar-refractivity contribution in [1.82, 2.24) is 20.3 Å². The Labute approximate surface area is 184 Å². The predicted molar refractivity (Wildman–Crippen MR) is 123 cm³/mol. The van der Waals surface area contributed by atoms with E-state index < -0.39 is 0 Å². The molecule has 1 aromatic carbocycles. The summed E-state index contributed by atoms with van der Waals surface area (Å²) in [7, 11) is 0. The van der Waals surface area contributed by atoms with Crippen molar-refractivity contribution in [2.75, 3.05) is 13.2 Å². The monoisotopic (exact) mass is 432 g/mol. The van der Waals surface area contributed by atoms with E-state index in [9.17, 15) is 4.79 Å². The van der Waals surface area contributed by atoms with Gasteiger partial charge >= 0.3 is 0 Å². The van der Waals surface area contributed by atoms with Gasteiger partial charge in [-0.25, -0.2) is 9.97 Å². The van der Waals surface area contributed by atoms with Gasteiger partial charge in [0.1, 0.15) is 21.9 Å². The molecule has 1 aliphatic carbocycles. The van der Waals surface area contributed by atoms with E-state index in [1.54, 1.807) is 6.20 Å². The molecule has 0 atom stereocenters. The number of hydrogen-bond acceptors (Lipinski definition) is 6. The molecule has 1 fully saturated rings. The maximum absolute atomic E-state index is 12.8. The fourth-order valence-electron chi connectivity index (χ4n) is 3.83. The van der Waals surface area contributed by atoms with Gasteiger partial charge in [0.2, 0.25) is 0 Å². The summed E-state index contributed by atoms with van der Waals surface area (Å²) in [4.78, 5) is 28.2. The Morgan fingerprint density at radius 3 is 2.87 bits per heavy atom. The standard InChI is InChI=1S/C24H24N4O2S/c1-14-19-15(2)27-22(17-9-10-17)28-24(19)31-21(14)23(29)26-12-5-13-30-18-8-3-6-16-7-4-11-25-20(16)18/h3-4,6-8,11,17H,5,9-10,12-13H2,1-2H3,(H,26,29). The van der Waals surface area contributed by atoms with Crippen molar-refractivity contribution in [2.45, 2.75) is 39.0 Å². The highest BCUT2D eigenvalue weighted by molar-refractivity contribution is 7.20. The van der Waals surface area contributed by atoms with Crippen molar-refractivity contribution >= 4 is 38.4 Å². The number of aryl methyl sites for hydroxylation is 2. The van der Waals surface area contributed by atoms with Gasteiger partial charge in [-0.1, -0.05) is 18.2 Å². The van der Waals surface area contributed by atoms with Crippen LogP contribution in [0.15, 0.2) is 36.5 Å². The number of nitrogens with zero attached hydrogens (tertiary/aromatic N) is 3. The van der Waals surface area contributed by atoms with E-state index in [4.69, 9.17) is 9.72 Å². The number of rotatable bonds is 7. The summed E-state index contributed by atoms with van der Waals surface area (Å²) >= 11 is 1.46. The lowest BCUT2D eigenvalue weighted by molar-refractivity contribution is 0.0955. The van der Waals surface area contributed by atoms with Gasteiger partial charge in [0.05, 0.1) is 17.2 Å². The third kappa shape index (κ3) is 3.97. The van der Waals surface area contributed by atoms with Crippen LogP contribution in [-0.4, -0.2) is 34.0 Å². The van der Waals surface area contributed by atoms with Crippen LogP contribution in [0.2, 0.25) is 0 Å². The van der Waals surface area contributed by atoms with Crippen LogP contribution in [0.1, 0.15) is 51.9 Å². The van der Waals surface area contributed by atoms with Gasteiger partial charge in [-0.2, -0.15) is 0 Å². The number of nitrogens with one attached hydrogen (secondary N) is 1. The number of para-hydroxylation sites is 1. The van der Waals surface area contributed by atoms with Gasteiger partial charge in [-0.3, -0.25) is 9.78 Å². The molecule has 158 valence electrons. The third-order valence-corrected chi connectivity index (χ3v) is 6.78. The highest BCUT2D eigenvalue weighted by Crippen LogP contribution is 2.40.